The highest BCUT2D eigenvalue weighted by molar-refractivity contribution is 7.97. The van der Waals surface area contributed by atoms with Crippen LogP contribution >= 0.6 is 11.9 Å². The predicted molar refractivity (Wildman–Crippen MR) is 99.6 cm³/mol. The molecule has 4 heteroatoms. The van der Waals surface area contributed by atoms with Crippen molar-refractivity contribution in [3.63, 3.8) is 0 Å². The zero-order valence-corrected chi connectivity index (χ0v) is 14.5. The Balaban J connectivity index is 1.44. The maximum atomic E-state index is 3.43. The number of anilines is 1. The SMILES string of the molecule is CNc1ccc(SNCc2ccc(CN3CCCC3)cc2)cc1. The maximum Gasteiger partial charge on any atom is 0.0338 e. The van der Waals surface area contributed by atoms with Gasteiger partial charge in [-0.2, -0.15) is 0 Å². The summed E-state index contributed by atoms with van der Waals surface area (Å²) < 4.78 is 3.43. The van der Waals surface area contributed by atoms with Crippen LogP contribution in [0.3, 0.4) is 0 Å². The second-order valence-corrected chi connectivity index (χ2v) is 6.96. The van der Waals surface area contributed by atoms with Crippen LogP contribution in [0.5, 0.6) is 0 Å². The maximum absolute atomic E-state index is 3.43. The molecule has 1 aliphatic rings. The smallest absolute Gasteiger partial charge is 0.0338 e. The minimum absolute atomic E-state index is 0.877. The van der Waals surface area contributed by atoms with E-state index in [1.165, 1.54) is 42.0 Å². The van der Waals surface area contributed by atoms with E-state index in [2.05, 4.69) is 63.5 Å². The van der Waals surface area contributed by atoms with Crippen molar-refractivity contribution in [2.45, 2.75) is 30.8 Å². The summed E-state index contributed by atoms with van der Waals surface area (Å²) in [5.41, 5.74) is 3.89. The number of hydrogen-bond donors (Lipinski definition) is 2. The Hall–Kier alpha value is -1.49. The Morgan fingerprint density at radius 3 is 2.22 bits per heavy atom. The molecule has 2 aromatic rings. The van der Waals surface area contributed by atoms with E-state index in [1.807, 2.05) is 7.05 Å². The largest absolute Gasteiger partial charge is 0.388 e. The van der Waals surface area contributed by atoms with Crippen LogP contribution < -0.4 is 10.0 Å². The Bertz CT molecular complexity index is 589. The molecule has 0 aromatic heterocycles. The highest BCUT2D eigenvalue weighted by Crippen LogP contribution is 2.18. The van der Waals surface area contributed by atoms with E-state index in [4.69, 9.17) is 0 Å². The molecule has 0 radical (unpaired) electrons. The fourth-order valence-electron chi connectivity index (χ4n) is 2.85. The monoisotopic (exact) mass is 327 g/mol. The highest BCUT2D eigenvalue weighted by atomic mass is 32.2. The van der Waals surface area contributed by atoms with E-state index in [0.717, 1.165) is 18.8 Å². The van der Waals surface area contributed by atoms with Gasteiger partial charge in [-0.05, 0) is 73.3 Å². The van der Waals surface area contributed by atoms with Crippen molar-refractivity contribution in [2.24, 2.45) is 0 Å². The van der Waals surface area contributed by atoms with Crippen LogP contribution in [0.25, 0.3) is 0 Å². The minimum atomic E-state index is 0.877. The van der Waals surface area contributed by atoms with Crippen LogP contribution in [-0.2, 0) is 13.1 Å². The summed E-state index contributed by atoms with van der Waals surface area (Å²) >= 11 is 1.68. The van der Waals surface area contributed by atoms with Crippen LogP contribution in [0.2, 0.25) is 0 Å². The van der Waals surface area contributed by atoms with Gasteiger partial charge in [0.1, 0.15) is 0 Å². The number of hydrogen-bond acceptors (Lipinski definition) is 4. The van der Waals surface area contributed by atoms with Gasteiger partial charge in [0, 0.05) is 30.7 Å². The van der Waals surface area contributed by atoms with E-state index in [1.54, 1.807) is 11.9 Å². The van der Waals surface area contributed by atoms with Crippen molar-refractivity contribution in [1.29, 1.82) is 0 Å². The van der Waals surface area contributed by atoms with Gasteiger partial charge in [0.05, 0.1) is 0 Å². The van der Waals surface area contributed by atoms with Gasteiger partial charge >= 0.3 is 0 Å². The molecule has 3 nitrogen and oxygen atoms in total. The molecule has 23 heavy (non-hydrogen) atoms. The lowest BCUT2D eigenvalue weighted by Crippen LogP contribution is -2.18. The van der Waals surface area contributed by atoms with Crippen molar-refractivity contribution in [1.82, 2.24) is 9.62 Å². The van der Waals surface area contributed by atoms with Gasteiger partial charge in [0.25, 0.3) is 0 Å². The first-order chi connectivity index (χ1) is 11.3. The third-order valence-electron chi connectivity index (χ3n) is 4.24. The predicted octanol–water partition coefficient (Wildman–Crippen LogP) is 4.12. The number of nitrogens with zero attached hydrogens (tertiary/aromatic N) is 1. The van der Waals surface area contributed by atoms with Crippen LogP contribution in [0.15, 0.2) is 53.4 Å². The van der Waals surface area contributed by atoms with Crippen molar-refractivity contribution in [2.75, 3.05) is 25.5 Å². The summed E-state index contributed by atoms with van der Waals surface area (Å²) in [6.45, 7) is 4.49. The molecule has 3 rings (SSSR count). The van der Waals surface area contributed by atoms with Gasteiger partial charge in [-0.1, -0.05) is 24.3 Å². The van der Waals surface area contributed by atoms with Crippen molar-refractivity contribution in [3.05, 3.63) is 59.7 Å². The van der Waals surface area contributed by atoms with Crippen LogP contribution in [0, 0.1) is 0 Å². The molecule has 0 amide bonds. The van der Waals surface area contributed by atoms with Gasteiger partial charge in [-0.15, -0.1) is 0 Å². The molecule has 2 N–H and O–H groups in total. The molecular weight excluding hydrogens is 302 g/mol. The summed E-state index contributed by atoms with van der Waals surface area (Å²) in [5, 5.41) is 3.13. The summed E-state index contributed by atoms with van der Waals surface area (Å²) in [6, 6.07) is 17.5. The Kier molecular flexibility index (Phi) is 5.97. The van der Waals surface area contributed by atoms with Crippen molar-refractivity contribution in [3.8, 4) is 0 Å². The molecule has 0 spiro atoms. The molecule has 1 saturated heterocycles. The zero-order valence-electron chi connectivity index (χ0n) is 13.7. The molecule has 0 bridgehead atoms. The fourth-order valence-corrected chi connectivity index (χ4v) is 3.53. The number of benzene rings is 2. The molecule has 122 valence electrons. The Morgan fingerprint density at radius 2 is 1.57 bits per heavy atom. The van der Waals surface area contributed by atoms with Gasteiger partial charge < -0.3 is 5.32 Å². The zero-order chi connectivity index (χ0) is 15.9. The second-order valence-electron chi connectivity index (χ2n) is 6.00. The van der Waals surface area contributed by atoms with Gasteiger partial charge in [-0.3, -0.25) is 9.62 Å². The molecule has 0 saturated carbocycles. The van der Waals surface area contributed by atoms with E-state index in [0.29, 0.717) is 0 Å². The molecule has 0 unspecified atom stereocenters. The molecule has 1 fully saturated rings. The van der Waals surface area contributed by atoms with E-state index < -0.39 is 0 Å². The fraction of sp³-hybridized carbons (Fsp3) is 0.368. The van der Waals surface area contributed by atoms with Gasteiger partial charge in [0.15, 0.2) is 0 Å². The average molecular weight is 327 g/mol. The van der Waals surface area contributed by atoms with E-state index in [9.17, 15) is 0 Å². The molecule has 2 aromatic carbocycles. The van der Waals surface area contributed by atoms with Crippen LogP contribution in [0.1, 0.15) is 24.0 Å². The lowest BCUT2D eigenvalue weighted by atomic mass is 10.1. The quantitative estimate of drug-likeness (QED) is 0.748. The third-order valence-corrected chi connectivity index (χ3v) is 5.03. The summed E-state index contributed by atoms with van der Waals surface area (Å²) in [4.78, 5) is 3.77. The number of rotatable bonds is 7. The topological polar surface area (TPSA) is 27.3 Å². The number of nitrogens with one attached hydrogen (secondary N) is 2. The number of likely N-dealkylation sites (tertiary alicyclic amines) is 1. The van der Waals surface area contributed by atoms with Gasteiger partial charge in [-0.25, -0.2) is 0 Å². The van der Waals surface area contributed by atoms with Gasteiger partial charge in [0.2, 0.25) is 0 Å². The molecule has 1 aliphatic heterocycles. The highest BCUT2D eigenvalue weighted by Gasteiger charge is 2.11. The van der Waals surface area contributed by atoms with Crippen LogP contribution in [0.4, 0.5) is 5.69 Å². The molecule has 1 heterocycles. The minimum Gasteiger partial charge on any atom is -0.388 e. The average Bonchev–Trinajstić information content (AvgIpc) is 3.10. The van der Waals surface area contributed by atoms with Crippen LogP contribution in [-0.4, -0.2) is 25.0 Å². The summed E-state index contributed by atoms with van der Waals surface area (Å²) in [7, 11) is 1.94. The normalized spacial score (nSPS) is 15.0. The first-order valence-electron chi connectivity index (χ1n) is 8.31. The summed E-state index contributed by atoms with van der Waals surface area (Å²) in [6.07, 6.45) is 2.71. The summed E-state index contributed by atoms with van der Waals surface area (Å²) in [5.74, 6) is 0. The molecule has 0 aliphatic carbocycles. The Morgan fingerprint density at radius 1 is 0.913 bits per heavy atom. The lowest BCUT2D eigenvalue weighted by Gasteiger charge is -2.14. The molecular formula is C19H25N3S. The lowest BCUT2D eigenvalue weighted by molar-refractivity contribution is 0.331. The van der Waals surface area contributed by atoms with Crippen molar-refractivity contribution < 1.29 is 0 Å². The first kappa shape index (κ1) is 16.4. The van der Waals surface area contributed by atoms with E-state index in [-0.39, 0.29) is 0 Å². The van der Waals surface area contributed by atoms with Crippen molar-refractivity contribution >= 4 is 17.6 Å². The second kappa shape index (κ2) is 8.39. The standard InChI is InChI=1S/C19H25N3S/c1-20-18-8-10-19(11-9-18)23-21-14-16-4-6-17(7-5-16)15-22-12-2-3-13-22/h4-11,20-21H,2-3,12-15H2,1H3. The molecule has 0 atom stereocenters. The third kappa shape index (κ3) is 4.99. The van der Waals surface area contributed by atoms with E-state index >= 15 is 0 Å². The first-order valence-corrected chi connectivity index (χ1v) is 9.13. The Labute approximate surface area is 143 Å².